The quantitative estimate of drug-likeness (QED) is 0.466. The molecule has 2 N–H and O–H groups in total. The molecule has 3 aromatic rings. The van der Waals surface area contributed by atoms with Crippen molar-refractivity contribution >= 4 is 27.4 Å². The van der Waals surface area contributed by atoms with Crippen LogP contribution in [0.25, 0.3) is 16.8 Å². The second-order valence-electron chi connectivity index (χ2n) is 6.59. The second kappa shape index (κ2) is 9.84. The van der Waals surface area contributed by atoms with Crippen molar-refractivity contribution in [3.05, 3.63) is 34.7 Å². The Morgan fingerprint density at radius 3 is 2.71 bits per heavy atom. The molecule has 0 saturated heterocycles. The number of pyridine rings is 1. The Kier molecular flexibility index (Phi) is 7.22. The molecule has 8 heteroatoms. The molecule has 0 unspecified atom stereocenters. The molecule has 0 fully saturated rings. The van der Waals surface area contributed by atoms with Crippen LogP contribution >= 0.6 is 15.9 Å². The minimum absolute atomic E-state index is 0.465. The number of unbranched alkanes of at least 4 members (excludes halogenated alkanes) is 3. The van der Waals surface area contributed by atoms with Gasteiger partial charge in [0.2, 0.25) is 5.88 Å². The Labute approximate surface area is 173 Å². The lowest BCUT2D eigenvalue weighted by atomic mass is 10.1. The minimum atomic E-state index is 0.465. The Bertz CT molecular complexity index is 911. The van der Waals surface area contributed by atoms with E-state index in [1.807, 2.05) is 12.1 Å². The molecule has 28 heavy (non-hydrogen) atoms. The molecule has 3 heterocycles. The predicted molar refractivity (Wildman–Crippen MR) is 114 cm³/mol. The van der Waals surface area contributed by atoms with E-state index in [1.54, 1.807) is 24.0 Å². The first kappa shape index (κ1) is 20.5. The molecule has 0 spiro atoms. The number of anilines is 1. The Hall–Kier alpha value is -2.19. The predicted octanol–water partition coefficient (Wildman–Crippen LogP) is 4.28. The summed E-state index contributed by atoms with van der Waals surface area (Å²) in [5.74, 6) is 1.12. The van der Waals surface area contributed by atoms with Gasteiger partial charge in [-0.1, -0.05) is 26.2 Å². The molecular formula is C20H26BrN5O2. The number of nitrogen functional groups attached to an aromatic ring is 1. The van der Waals surface area contributed by atoms with Crippen molar-refractivity contribution < 1.29 is 9.47 Å². The van der Waals surface area contributed by atoms with Crippen molar-refractivity contribution in [2.75, 3.05) is 26.1 Å². The lowest BCUT2D eigenvalue weighted by Gasteiger charge is -2.09. The van der Waals surface area contributed by atoms with Gasteiger partial charge in [-0.05, 0) is 34.8 Å². The van der Waals surface area contributed by atoms with Crippen LogP contribution in [0.3, 0.4) is 0 Å². The lowest BCUT2D eigenvalue weighted by molar-refractivity contribution is 0.144. The molecule has 0 saturated carbocycles. The third-order valence-corrected chi connectivity index (χ3v) is 5.41. The summed E-state index contributed by atoms with van der Waals surface area (Å²) in [7, 11) is 1.64. The molecule has 0 bridgehead atoms. The van der Waals surface area contributed by atoms with E-state index in [1.165, 1.54) is 19.3 Å². The van der Waals surface area contributed by atoms with Gasteiger partial charge < -0.3 is 15.2 Å². The summed E-state index contributed by atoms with van der Waals surface area (Å²) in [6.07, 6.45) is 9.15. The van der Waals surface area contributed by atoms with Crippen molar-refractivity contribution in [1.29, 1.82) is 0 Å². The first-order valence-corrected chi connectivity index (χ1v) is 10.3. The third kappa shape index (κ3) is 4.62. The van der Waals surface area contributed by atoms with Crippen LogP contribution in [-0.4, -0.2) is 39.9 Å². The molecule has 3 aromatic heterocycles. The zero-order valence-corrected chi connectivity index (χ0v) is 17.9. The molecule has 0 atom stereocenters. The molecule has 0 amide bonds. The largest absolute Gasteiger partial charge is 0.475 e. The lowest BCUT2D eigenvalue weighted by Crippen LogP contribution is -2.06. The van der Waals surface area contributed by atoms with Crippen molar-refractivity contribution in [1.82, 2.24) is 19.6 Å². The van der Waals surface area contributed by atoms with Crippen LogP contribution in [0, 0.1) is 0 Å². The summed E-state index contributed by atoms with van der Waals surface area (Å²) in [5, 5.41) is 4.41. The summed E-state index contributed by atoms with van der Waals surface area (Å²) in [4.78, 5) is 9.21. The SMILES string of the molecule is CCCCCCc1nc2c(-c3ccc(OCCOC)nc3)cnn2c(N)c1Br. The summed E-state index contributed by atoms with van der Waals surface area (Å²) in [6.45, 7) is 3.20. The van der Waals surface area contributed by atoms with Crippen LogP contribution in [0.1, 0.15) is 38.3 Å². The summed E-state index contributed by atoms with van der Waals surface area (Å²) >= 11 is 3.59. The number of halogens is 1. The number of nitrogens with two attached hydrogens (primary N) is 1. The minimum Gasteiger partial charge on any atom is -0.475 e. The van der Waals surface area contributed by atoms with E-state index in [2.05, 4.69) is 32.9 Å². The average molecular weight is 448 g/mol. The van der Waals surface area contributed by atoms with E-state index in [0.717, 1.165) is 39.8 Å². The monoisotopic (exact) mass is 447 g/mol. The molecule has 0 aliphatic carbocycles. The highest BCUT2D eigenvalue weighted by atomic mass is 79.9. The van der Waals surface area contributed by atoms with Crippen molar-refractivity contribution in [2.45, 2.75) is 39.0 Å². The van der Waals surface area contributed by atoms with E-state index in [0.29, 0.717) is 24.9 Å². The average Bonchev–Trinajstić information content (AvgIpc) is 3.13. The maximum absolute atomic E-state index is 6.30. The highest BCUT2D eigenvalue weighted by molar-refractivity contribution is 9.10. The number of aryl methyl sites for hydroxylation is 1. The van der Waals surface area contributed by atoms with Gasteiger partial charge in [0.15, 0.2) is 5.65 Å². The van der Waals surface area contributed by atoms with Gasteiger partial charge in [-0.2, -0.15) is 9.61 Å². The number of fused-ring (bicyclic) bond motifs is 1. The number of aromatic nitrogens is 4. The van der Waals surface area contributed by atoms with Crippen molar-refractivity contribution in [3.63, 3.8) is 0 Å². The Morgan fingerprint density at radius 2 is 2.00 bits per heavy atom. The number of nitrogens with zero attached hydrogens (tertiary/aromatic N) is 4. The molecule has 0 aromatic carbocycles. The number of ether oxygens (including phenoxy) is 2. The first-order chi connectivity index (χ1) is 13.7. The maximum atomic E-state index is 6.30. The molecule has 3 rings (SSSR count). The van der Waals surface area contributed by atoms with Gasteiger partial charge in [0, 0.05) is 30.5 Å². The van der Waals surface area contributed by atoms with Crippen LogP contribution in [0.5, 0.6) is 5.88 Å². The van der Waals surface area contributed by atoms with E-state index in [9.17, 15) is 0 Å². The third-order valence-electron chi connectivity index (χ3n) is 4.54. The topological polar surface area (TPSA) is 87.6 Å². The van der Waals surface area contributed by atoms with Crippen LogP contribution in [-0.2, 0) is 11.2 Å². The zero-order valence-electron chi connectivity index (χ0n) is 16.3. The zero-order chi connectivity index (χ0) is 19.9. The summed E-state index contributed by atoms with van der Waals surface area (Å²) in [6, 6.07) is 3.79. The summed E-state index contributed by atoms with van der Waals surface area (Å²) < 4.78 is 13.0. The molecule has 0 radical (unpaired) electrons. The fourth-order valence-electron chi connectivity index (χ4n) is 2.99. The van der Waals surface area contributed by atoms with Crippen molar-refractivity contribution in [3.8, 4) is 17.0 Å². The van der Waals surface area contributed by atoms with E-state index in [-0.39, 0.29) is 0 Å². The summed E-state index contributed by atoms with van der Waals surface area (Å²) in [5.41, 5.74) is 9.81. The van der Waals surface area contributed by atoms with Crippen LogP contribution < -0.4 is 10.5 Å². The number of methoxy groups -OCH3 is 1. The Balaban J connectivity index is 1.86. The second-order valence-corrected chi connectivity index (χ2v) is 7.38. The van der Waals surface area contributed by atoms with Crippen molar-refractivity contribution in [2.24, 2.45) is 0 Å². The smallest absolute Gasteiger partial charge is 0.213 e. The fraction of sp³-hybridized carbons (Fsp3) is 0.450. The highest BCUT2D eigenvalue weighted by Gasteiger charge is 2.16. The van der Waals surface area contributed by atoms with E-state index < -0.39 is 0 Å². The van der Waals surface area contributed by atoms with E-state index >= 15 is 0 Å². The van der Waals surface area contributed by atoms with Gasteiger partial charge in [-0.15, -0.1) is 0 Å². The van der Waals surface area contributed by atoms with Gasteiger partial charge in [0.25, 0.3) is 0 Å². The Morgan fingerprint density at radius 1 is 1.14 bits per heavy atom. The van der Waals surface area contributed by atoms with Gasteiger partial charge in [0.1, 0.15) is 12.4 Å². The molecule has 7 nitrogen and oxygen atoms in total. The maximum Gasteiger partial charge on any atom is 0.213 e. The van der Waals surface area contributed by atoms with Gasteiger partial charge in [-0.25, -0.2) is 9.97 Å². The standard InChI is InChI=1S/C20H26BrN5O2/c1-3-4-5-6-7-16-18(21)19(22)26-20(25-16)15(13-24-26)14-8-9-17(23-12-14)28-11-10-27-2/h8-9,12-13H,3-7,10-11,22H2,1-2H3. The van der Waals surface area contributed by atoms with Crippen LogP contribution in [0.2, 0.25) is 0 Å². The van der Waals surface area contributed by atoms with Gasteiger partial charge in [-0.3, -0.25) is 0 Å². The molecule has 0 aliphatic heterocycles. The number of hydrogen-bond donors (Lipinski definition) is 1. The first-order valence-electron chi connectivity index (χ1n) is 9.55. The van der Waals surface area contributed by atoms with Gasteiger partial charge in [0.05, 0.1) is 23.0 Å². The van der Waals surface area contributed by atoms with Crippen LogP contribution in [0.15, 0.2) is 29.0 Å². The van der Waals surface area contributed by atoms with E-state index in [4.69, 9.17) is 20.2 Å². The molecule has 0 aliphatic rings. The fourth-order valence-corrected chi connectivity index (χ4v) is 3.44. The number of rotatable bonds is 10. The number of hydrogen-bond acceptors (Lipinski definition) is 6. The normalized spacial score (nSPS) is 11.2. The molecular weight excluding hydrogens is 422 g/mol. The van der Waals surface area contributed by atoms with Gasteiger partial charge >= 0.3 is 0 Å². The van der Waals surface area contributed by atoms with Crippen LogP contribution in [0.4, 0.5) is 5.82 Å². The molecule has 150 valence electrons. The highest BCUT2D eigenvalue weighted by Crippen LogP contribution is 2.30.